The molecule has 4 heteroatoms. The molecule has 3 nitrogen and oxygen atoms in total. The van der Waals surface area contributed by atoms with E-state index in [2.05, 4.69) is 34.8 Å². The van der Waals surface area contributed by atoms with Crippen LogP contribution in [0.25, 0.3) is 0 Å². The van der Waals surface area contributed by atoms with Gasteiger partial charge in [0.2, 0.25) is 0 Å². The minimum absolute atomic E-state index is 0.479. The average molecular weight is 275 g/mol. The third-order valence-electron chi connectivity index (χ3n) is 3.40. The van der Waals surface area contributed by atoms with Crippen molar-refractivity contribution in [2.24, 2.45) is 4.99 Å². The van der Waals surface area contributed by atoms with E-state index in [-0.39, 0.29) is 0 Å². The van der Waals surface area contributed by atoms with Crippen molar-refractivity contribution in [1.29, 1.82) is 0 Å². The quantitative estimate of drug-likeness (QED) is 0.777. The van der Waals surface area contributed by atoms with Crippen LogP contribution in [0, 0.1) is 13.8 Å². The molecule has 1 aliphatic heterocycles. The molecule has 0 bridgehead atoms. The summed E-state index contributed by atoms with van der Waals surface area (Å²) in [5.74, 6) is 0.804. The molecule has 2 aromatic rings. The van der Waals surface area contributed by atoms with E-state index in [1.165, 1.54) is 11.1 Å². The number of hydrogen-bond acceptors (Lipinski definition) is 2. The van der Waals surface area contributed by atoms with Gasteiger partial charge >= 0.3 is 0 Å². The molecular formula is C15H15ClN2O. The number of hydrogen-bond donors (Lipinski definition) is 0. The van der Waals surface area contributed by atoms with E-state index in [0.29, 0.717) is 5.17 Å². The minimum atomic E-state index is 0.479. The predicted octanol–water partition coefficient (Wildman–Crippen LogP) is 3.79. The standard InChI is InChI=1S/C15H15ClN2O/c1-9-4-5-12-11(6-9)8-18-7-10(2)14(19-3)13(18)15(16)17-12/h4-7H,8H2,1-3H3. The molecule has 0 amide bonds. The molecule has 0 atom stereocenters. The van der Waals surface area contributed by atoms with Crippen molar-refractivity contribution in [3.8, 4) is 5.75 Å². The first-order valence-corrected chi connectivity index (χ1v) is 6.55. The van der Waals surface area contributed by atoms with Crippen LogP contribution in [-0.2, 0) is 6.54 Å². The minimum Gasteiger partial charge on any atom is -0.494 e. The van der Waals surface area contributed by atoms with Crippen molar-refractivity contribution in [3.05, 3.63) is 46.8 Å². The van der Waals surface area contributed by atoms with E-state index < -0.39 is 0 Å². The maximum Gasteiger partial charge on any atom is 0.157 e. The Kier molecular flexibility index (Phi) is 2.86. The Morgan fingerprint density at radius 3 is 2.84 bits per heavy atom. The maximum atomic E-state index is 6.37. The van der Waals surface area contributed by atoms with Gasteiger partial charge in [0, 0.05) is 18.3 Å². The van der Waals surface area contributed by atoms with Crippen LogP contribution < -0.4 is 4.74 Å². The van der Waals surface area contributed by atoms with Crippen molar-refractivity contribution in [3.63, 3.8) is 0 Å². The lowest BCUT2D eigenvalue weighted by atomic mass is 10.1. The van der Waals surface area contributed by atoms with Crippen molar-refractivity contribution in [2.45, 2.75) is 20.4 Å². The van der Waals surface area contributed by atoms with Crippen molar-refractivity contribution in [1.82, 2.24) is 4.57 Å². The summed E-state index contributed by atoms with van der Waals surface area (Å²) in [6.45, 7) is 4.86. The molecule has 0 unspecified atom stereocenters. The van der Waals surface area contributed by atoms with Gasteiger partial charge in [-0.25, -0.2) is 4.99 Å². The molecule has 1 aliphatic rings. The number of aryl methyl sites for hydroxylation is 2. The molecule has 0 fully saturated rings. The first-order valence-electron chi connectivity index (χ1n) is 6.18. The summed E-state index contributed by atoms with van der Waals surface area (Å²) in [5.41, 5.74) is 5.26. The molecule has 0 saturated carbocycles. The average Bonchev–Trinajstić information content (AvgIpc) is 2.61. The van der Waals surface area contributed by atoms with Gasteiger partial charge < -0.3 is 9.30 Å². The van der Waals surface area contributed by atoms with Crippen LogP contribution in [0.2, 0.25) is 0 Å². The summed E-state index contributed by atoms with van der Waals surface area (Å²) in [6, 6.07) is 6.22. The summed E-state index contributed by atoms with van der Waals surface area (Å²) in [4.78, 5) is 4.53. The Bertz CT molecular complexity index is 686. The number of benzene rings is 1. The molecule has 0 N–H and O–H groups in total. The van der Waals surface area contributed by atoms with Gasteiger partial charge in [-0.2, -0.15) is 0 Å². The van der Waals surface area contributed by atoms with Gasteiger partial charge in [-0.3, -0.25) is 0 Å². The third kappa shape index (κ3) is 1.94. The van der Waals surface area contributed by atoms with Crippen molar-refractivity contribution < 1.29 is 4.74 Å². The van der Waals surface area contributed by atoms with Crippen LogP contribution in [-0.4, -0.2) is 16.8 Å². The fourth-order valence-corrected chi connectivity index (χ4v) is 2.85. The Morgan fingerprint density at radius 1 is 1.32 bits per heavy atom. The molecule has 0 aliphatic carbocycles. The topological polar surface area (TPSA) is 26.5 Å². The number of aliphatic imine (C=N–C) groups is 1. The third-order valence-corrected chi connectivity index (χ3v) is 3.67. The molecule has 1 aromatic carbocycles. The number of methoxy groups -OCH3 is 1. The second-order valence-corrected chi connectivity index (χ2v) is 5.21. The fraction of sp³-hybridized carbons (Fsp3) is 0.267. The van der Waals surface area contributed by atoms with Crippen LogP contribution in [0.4, 0.5) is 5.69 Å². The molecule has 19 heavy (non-hydrogen) atoms. The molecule has 0 saturated heterocycles. The van der Waals surface area contributed by atoms with Gasteiger partial charge in [0.15, 0.2) is 5.17 Å². The summed E-state index contributed by atoms with van der Waals surface area (Å²) >= 11 is 6.37. The van der Waals surface area contributed by atoms with Crippen molar-refractivity contribution >= 4 is 22.5 Å². The van der Waals surface area contributed by atoms with Gasteiger partial charge in [-0.1, -0.05) is 29.3 Å². The molecule has 3 rings (SSSR count). The Morgan fingerprint density at radius 2 is 2.11 bits per heavy atom. The molecule has 0 radical (unpaired) electrons. The summed E-state index contributed by atoms with van der Waals surface area (Å²) in [6.07, 6.45) is 2.06. The monoisotopic (exact) mass is 274 g/mol. The second-order valence-electron chi connectivity index (χ2n) is 4.86. The molecule has 98 valence electrons. The number of nitrogens with zero attached hydrogens (tertiary/aromatic N) is 2. The van der Waals surface area contributed by atoms with E-state index in [1.54, 1.807) is 7.11 Å². The molecule has 2 heterocycles. The number of ether oxygens (including phenoxy) is 1. The van der Waals surface area contributed by atoms with E-state index in [0.717, 1.165) is 29.2 Å². The zero-order chi connectivity index (χ0) is 13.6. The van der Waals surface area contributed by atoms with Crippen LogP contribution in [0.5, 0.6) is 5.75 Å². The SMILES string of the molecule is COc1c(C)cn2c1C(Cl)=Nc1ccc(C)cc1C2. The van der Waals surface area contributed by atoms with Gasteiger partial charge in [-0.05, 0) is 25.5 Å². The summed E-state index contributed by atoms with van der Waals surface area (Å²) in [5, 5.41) is 0.479. The van der Waals surface area contributed by atoms with Crippen LogP contribution in [0.1, 0.15) is 22.4 Å². The van der Waals surface area contributed by atoms with Crippen molar-refractivity contribution in [2.75, 3.05) is 7.11 Å². The largest absolute Gasteiger partial charge is 0.494 e. The highest BCUT2D eigenvalue weighted by Crippen LogP contribution is 2.34. The van der Waals surface area contributed by atoms with Gasteiger partial charge in [0.05, 0.1) is 12.8 Å². The Balaban J connectivity index is 2.24. The number of rotatable bonds is 1. The fourth-order valence-electron chi connectivity index (χ4n) is 2.56. The summed E-state index contributed by atoms with van der Waals surface area (Å²) in [7, 11) is 1.66. The lowest BCUT2D eigenvalue weighted by molar-refractivity contribution is 0.410. The first kappa shape index (κ1) is 12.3. The molecule has 0 spiro atoms. The Labute approximate surface area is 117 Å². The zero-order valence-electron chi connectivity index (χ0n) is 11.2. The zero-order valence-corrected chi connectivity index (χ0v) is 12.0. The van der Waals surface area contributed by atoms with Crippen LogP contribution >= 0.6 is 11.6 Å². The lowest BCUT2D eigenvalue weighted by Crippen LogP contribution is -2.05. The van der Waals surface area contributed by atoms with Crippen LogP contribution in [0.3, 0.4) is 0 Å². The number of aromatic nitrogens is 1. The van der Waals surface area contributed by atoms with E-state index in [4.69, 9.17) is 16.3 Å². The molecule has 1 aromatic heterocycles. The van der Waals surface area contributed by atoms with E-state index >= 15 is 0 Å². The van der Waals surface area contributed by atoms with E-state index in [9.17, 15) is 0 Å². The van der Waals surface area contributed by atoms with Crippen LogP contribution in [0.15, 0.2) is 29.4 Å². The highest BCUT2D eigenvalue weighted by molar-refractivity contribution is 6.70. The normalized spacial score (nSPS) is 13.4. The predicted molar refractivity (Wildman–Crippen MR) is 78.1 cm³/mol. The summed E-state index contributed by atoms with van der Waals surface area (Å²) < 4.78 is 7.55. The highest BCUT2D eigenvalue weighted by Gasteiger charge is 2.21. The lowest BCUT2D eigenvalue weighted by Gasteiger charge is -2.07. The smallest absolute Gasteiger partial charge is 0.157 e. The van der Waals surface area contributed by atoms with Gasteiger partial charge in [-0.15, -0.1) is 0 Å². The maximum absolute atomic E-state index is 6.37. The second kappa shape index (κ2) is 4.42. The van der Waals surface area contributed by atoms with Gasteiger partial charge in [0.25, 0.3) is 0 Å². The number of fused-ring (bicyclic) bond motifs is 2. The number of halogens is 1. The Hall–Kier alpha value is -1.74. The van der Waals surface area contributed by atoms with Gasteiger partial charge in [0.1, 0.15) is 11.4 Å². The highest BCUT2D eigenvalue weighted by atomic mass is 35.5. The first-order chi connectivity index (χ1) is 9.10. The molecular weight excluding hydrogens is 260 g/mol. The van der Waals surface area contributed by atoms with E-state index in [1.807, 2.05) is 13.0 Å².